The molecule has 1 saturated heterocycles. The van der Waals surface area contributed by atoms with Crippen LogP contribution in [0.5, 0.6) is 0 Å². The highest BCUT2D eigenvalue weighted by molar-refractivity contribution is 5.98. The summed E-state index contributed by atoms with van der Waals surface area (Å²) in [6.07, 6.45) is 2.78. The van der Waals surface area contributed by atoms with Crippen LogP contribution in [0.3, 0.4) is 0 Å². The fourth-order valence-corrected chi connectivity index (χ4v) is 4.62. The molecule has 1 amide bonds. The van der Waals surface area contributed by atoms with Crippen molar-refractivity contribution in [2.45, 2.75) is 57.2 Å². The van der Waals surface area contributed by atoms with Gasteiger partial charge < -0.3 is 10.2 Å². The molecule has 4 rings (SSSR count). The molecule has 3 nitrogen and oxygen atoms in total. The number of aryl methyl sites for hydroxylation is 1. The first-order valence-corrected chi connectivity index (χ1v) is 8.93. The van der Waals surface area contributed by atoms with Gasteiger partial charge in [-0.3, -0.25) is 4.79 Å². The molecule has 2 fully saturated rings. The van der Waals surface area contributed by atoms with Crippen LogP contribution in [0.1, 0.15) is 49.1 Å². The number of fused-ring (bicyclic) bond motifs is 3. The van der Waals surface area contributed by atoms with Gasteiger partial charge in [-0.25, -0.2) is 4.39 Å². The zero-order valence-corrected chi connectivity index (χ0v) is 13.7. The van der Waals surface area contributed by atoms with Crippen molar-refractivity contribution in [3.05, 3.63) is 29.3 Å². The lowest BCUT2D eigenvalue weighted by Crippen LogP contribution is -2.48. The van der Waals surface area contributed by atoms with E-state index in [1.54, 1.807) is 0 Å². The fourth-order valence-electron chi connectivity index (χ4n) is 4.62. The van der Waals surface area contributed by atoms with Crippen molar-refractivity contribution < 1.29 is 9.18 Å². The van der Waals surface area contributed by atoms with Gasteiger partial charge in [0.1, 0.15) is 6.17 Å². The number of piperidine rings is 1. The maximum atomic E-state index is 13.4. The zero-order valence-electron chi connectivity index (χ0n) is 13.7. The molecule has 2 unspecified atom stereocenters. The largest absolute Gasteiger partial charge is 0.316 e. The highest BCUT2D eigenvalue weighted by Crippen LogP contribution is 2.45. The van der Waals surface area contributed by atoms with Gasteiger partial charge in [0.05, 0.1) is 0 Å². The van der Waals surface area contributed by atoms with Gasteiger partial charge in [-0.2, -0.15) is 0 Å². The molecule has 0 radical (unpaired) electrons. The van der Waals surface area contributed by atoms with Crippen LogP contribution >= 0.6 is 0 Å². The first-order chi connectivity index (χ1) is 11.1. The molecule has 124 valence electrons. The molecular weight excluding hydrogens is 291 g/mol. The first-order valence-electron chi connectivity index (χ1n) is 8.93. The summed E-state index contributed by atoms with van der Waals surface area (Å²) in [6, 6.07) is 6.74. The molecule has 0 spiro atoms. The number of hydrogen-bond donors (Lipinski definition) is 1. The van der Waals surface area contributed by atoms with Gasteiger partial charge in [0, 0.05) is 30.1 Å². The van der Waals surface area contributed by atoms with E-state index >= 15 is 0 Å². The Morgan fingerprint density at radius 2 is 2.00 bits per heavy atom. The standard InChI is InChI=1S/C19H25FN2O/c1-12-2-7-17-15(10-12)16-11-21-9-8-18(16)22(17)19(23)13-3-5-14(20)6-4-13/h2,7,10,13-14,16,18,21H,3-6,8-9,11H2,1H3. The van der Waals surface area contributed by atoms with Crippen LogP contribution < -0.4 is 10.2 Å². The van der Waals surface area contributed by atoms with Crippen LogP contribution in [-0.4, -0.2) is 31.2 Å². The highest BCUT2D eigenvalue weighted by atomic mass is 19.1. The monoisotopic (exact) mass is 316 g/mol. The number of amides is 1. The van der Waals surface area contributed by atoms with E-state index in [1.165, 1.54) is 11.1 Å². The summed E-state index contributed by atoms with van der Waals surface area (Å²) in [5.74, 6) is 0.640. The van der Waals surface area contributed by atoms with Gasteiger partial charge in [-0.15, -0.1) is 0 Å². The molecule has 2 aliphatic heterocycles. The second-order valence-electron chi connectivity index (χ2n) is 7.39. The molecule has 0 bridgehead atoms. The summed E-state index contributed by atoms with van der Waals surface area (Å²) in [7, 11) is 0. The van der Waals surface area contributed by atoms with Crippen LogP contribution in [0, 0.1) is 12.8 Å². The third-order valence-corrected chi connectivity index (χ3v) is 5.86. The maximum absolute atomic E-state index is 13.4. The molecule has 1 aliphatic carbocycles. The second kappa shape index (κ2) is 5.90. The van der Waals surface area contributed by atoms with E-state index in [0.29, 0.717) is 31.6 Å². The number of rotatable bonds is 1. The minimum Gasteiger partial charge on any atom is -0.316 e. The quantitative estimate of drug-likeness (QED) is 0.862. The zero-order chi connectivity index (χ0) is 16.0. The third kappa shape index (κ3) is 2.57. The van der Waals surface area contributed by atoms with Gasteiger partial charge >= 0.3 is 0 Å². The van der Waals surface area contributed by atoms with Crippen molar-refractivity contribution in [3.63, 3.8) is 0 Å². The first kappa shape index (κ1) is 15.1. The van der Waals surface area contributed by atoms with Crippen LogP contribution in [0.25, 0.3) is 0 Å². The summed E-state index contributed by atoms with van der Waals surface area (Å²) in [5, 5.41) is 3.47. The molecule has 2 atom stereocenters. The molecule has 1 aromatic rings. The average molecular weight is 316 g/mol. The lowest BCUT2D eigenvalue weighted by atomic mass is 9.86. The summed E-state index contributed by atoms with van der Waals surface area (Å²) in [5.41, 5.74) is 3.66. The van der Waals surface area contributed by atoms with Gasteiger partial charge in [-0.05, 0) is 57.2 Å². The Bertz CT molecular complexity index is 609. The number of anilines is 1. The van der Waals surface area contributed by atoms with Crippen molar-refractivity contribution in [2.24, 2.45) is 5.92 Å². The average Bonchev–Trinajstić information content (AvgIpc) is 2.89. The van der Waals surface area contributed by atoms with E-state index < -0.39 is 6.17 Å². The minimum atomic E-state index is -0.709. The van der Waals surface area contributed by atoms with Crippen LogP contribution in [0.15, 0.2) is 18.2 Å². The van der Waals surface area contributed by atoms with Crippen molar-refractivity contribution >= 4 is 11.6 Å². The third-order valence-electron chi connectivity index (χ3n) is 5.86. The van der Waals surface area contributed by atoms with Gasteiger partial charge in [-0.1, -0.05) is 17.7 Å². The summed E-state index contributed by atoms with van der Waals surface area (Å²) in [4.78, 5) is 15.3. The lowest BCUT2D eigenvalue weighted by Gasteiger charge is -2.35. The minimum absolute atomic E-state index is 0.00443. The number of halogens is 1. The number of alkyl halides is 1. The Morgan fingerprint density at radius 1 is 1.22 bits per heavy atom. The number of benzene rings is 1. The molecule has 0 aromatic heterocycles. The van der Waals surface area contributed by atoms with Crippen LogP contribution in [-0.2, 0) is 4.79 Å². The Labute approximate surface area is 137 Å². The van der Waals surface area contributed by atoms with Crippen molar-refractivity contribution in [2.75, 3.05) is 18.0 Å². The smallest absolute Gasteiger partial charge is 0.230 e. The highest BCUT2D eigenvalue weighted by Gasteiger charge is 2.44. The Kier molecular flexibility index (Phi) is 3.88. The summed E-state index contributed by atoms with van der Waals surface area (Å²) >= 11 is 0. The molecule has 23 heavy (non-hydrogen) atoms. The Morgan fingerprint density at radius 3 is 2.78 bits per heavy atom. The number of nitrogens with one attached hydrogen (secondary N) is 1. The number of carbonyl (C=O) groups is 1. The van der Waals surface area contributed by atoms with Gasteiger partial charge in [0.2, 0.25) is 5.91 Å². The van der Waals surface area contributed by atoms with Gasteiger partial charge in [0.15, 0.2) is 0 Å². The normalized spacial score (nSPS) is 33.2. The molecule has 4 heteroatoms. The fraction of sp³-hybridized carbons (Fsp3) is 0.632. The molecule has 1 N–H and O–H groups in total. The van der Waals surface area contributed by atoms with E-state index in [2.05, 4.69) is 35.3 Å². The Hall–Kier alpha value is -1.42. The number of carbonyl (C=O) groups excluding carboxylic acids is 1. The van der Waals surface area contributed by atoms with E-state index in [0.717, 1.165) is 25.2 Å². The molecule has 1 saturated carbocycles. The van der Waals surface area contributed by atoms with Gasteiger partial charge in [0.25, 0.3) is 0 Å². The summed E-state index contributed by atoms with van der Waals surface area (Å²) < 4.78 is 13.4. The van der Waals surface area contributed by atoms with Crippen molar-refractivity contribution in [3.8, 4) is 0 Å². The van der Waals surface area contributed by atoms with E-state index in [1.807, 2.05) is 0 Å². The Balaban J connectivity index is 1.66. The van der Waals surface area contributed by atoms with Crippen LogP contribution in [0.4, 0.5) is 10.1 Å². The molecule has 3 aliphatic rings. The van der Waals surface area contributed by atoms with E-state index in [-0.39, 0.29) is 17.9 Å². The molecular formula is C19H25FN2O. The SMILES string of the molecule is Cc1ccc2c(c1)C1CNCCC1N2C(=O)C1CCC(F)CC1. The predicted octanol–water partition coefficient (Wildman–Crippen LogP) is 3.32. The number of nitrogens with zero attached hydrogens (tertiary/aromatic N) is 1. The maximum Gasteiger partial charge on any atom is 0.230 e. The van der Waals surface area contributed by atoms with E-state index in [9.17, 15) is 9.18 Å². The topological polar surface area (TPSA) is 32.3 Å². The number of hydrogen-bond acceptors (Lipinski definition) is 2. The lowest BCUT2D eigenvalue weighted by molar-refractivity contribution is -0.124. The predicted molar refractivity (Wildman–Crippen MR) is 89.5 cm³/mol. The van der Waals surface area contributed by atoms with E-state index in [4.69, 9.17) is 0 Å². The molecule has 1 aromatic carbocycles. The van der Waals surface area contributed by atoms with Crippen molar-refractivity contribution in [1.29, 1.82) is 0 Å². The summed E-state index contributed by atoms with van der Waals surface area (Å²) in [6.45, 7) is 4.02. The second-order valence-corrected chi connectivity index (χ2v) is 7.39. The van der Waals surface area contributed by atoms with Crippen molar-refractivity contribution in [1.82, 2.24) is 5.32 Å². The molecule has 2 heterocycles. The van der Waals surface area contributed by atoms with Crippen LogP contribution in [0.2, 0.25) is 0 Å².